The molecule has 1 fully saturated rings. The van der Waals surface area contributed by atoms with Crippen LogP contribution in [0.25, 0.3) is 0 Å². The summed E-state index contributed by atoms with van der Waals surface area (Å²) in [5, 5.41) is 18.0. The van der Waals surface area contributed by atoms with Crippen molar-refractivity contribution < 1.29 is 15.0 Å². The van der Waals surface area contributed by atoms with E-state index in [1.807, 2.05) is 13.8 Å². The van der Waals surface area contributed by atoms with Gasteiger partial charge in [0.15, 0.2) is 0 Å². The second kappa shape index (κ2) is 3.31. The van der Waals surface area contributed by atoms with Gasteiger partial charge in [0.05, 0.1) is 12.6 Å². The summed E-state index contributed by atoms with van der Waals surface area (Å²) in [4.78, 5) is 12.0. The molecule has 2 atom stereocenters. The van der Waals surface area contributed by atoms with E-state index in [-0.39, 0.29) is 18.5 Å². The van der Waals surface area contributed by atoms with Gasteiger partial charge in [-0.25, -0.2) is 4.79 Å². The maximum Gasteiger partial charge on any atom is 0.407 e. The van der Waals surface area contributed by atoms with Gasteiger partial charge < -0.3 is 15.1 Å². The van der Waals surface area contributed by atoms with Crippen molar-refractivity contribution in [2.45, 2.75) is 32.4 Å². The van der Waals surface area contributed by atoms with Gasteiger partial charge in [-0.1, -0.05) is 13.8 Å². The molecule has 1 aliphatic rings. The first-order valence-electron chi connectivity index (χ1n) is 4.20. The summed E-state index contributed by atoms with van der Waals surface area (Å²) >= 11 is 0. The van der Waals surface area contributed by atoms with E-state index in [9.17, 15) is 9.90 Å². The lowest BCUT2D eigenvalue weighted by atomic mass is 10.0. The molecule has 1 saturated heterocycles. The highest BCUT2D eigenvalue weighted by atomic mass is 16.4. The van der Waals surface area contributed by atoms with Crippen LogP contribution in [0, 0.1) is 5.92 Å². The second-order valence-electron chi connectivity index (χ2n) is 3.64. The standard InChI is InChI=1S/C8H15NO3/c1-5(2)7-3-6(10)4-9(7)8(11)12/h5-7,10H,3-4H2,1-2H3,(H,11,12)/t6-,7+/m0/s1. The molecule has 0 aromatic carbocycles. The van der Waals surface area contributed by atoms with E-state index in [4.69, 9.17) is 5.11 Å². The van der Waals surface area contributed by atoms with Crippen LogP contribution in [0.3, 0.4) is 0 Å². The number of rotatable bonds is 1. The van der Waals surface area contributed by atoms with Gasteiger partial charge in [0.1, 0.15) is 0 Å². The molecule has 0 bridgehead atoms. The molecular weight excluding hydrogens is 158 g/mol. The zero-order chi connectivity index (χ0) is 9.30. The normalized spacial score (nSPS) is 29.8. The maximum atomic E-state index is 10.7. The van der Waals surface area contributed by atoms with Crippen LogP contribution >= 0.6 is 0 Å². The van der Waals surface area contributed by atoms with E-state index in [0.717, 1.165) is 0 Å². The fourth-order valence-electron chi connectivity index (χ4n) is 1.69. The van der Waals surface area contributed by atoms with Crippen molar-refractivity contribution >= 4 is 6.09 Å². The summed E-state index contributed by atoms with van der Waals surface area (Å²) in [6, 6.07) is -0.0162. The molecule has 1 aliphatic heterocycles. The van der Waals surface area contributed by atoms with Gasteiger partial charge in [0.2, 0.25) is 0 Å². The van der Waals surface area contributed by atoms with Crippen LogP contribution in [0.15, 0.2) is 0 Å². The van der Waals surface area contributed by atoms with Gasteiger partial charge in [-0.05, 0) is 12.3 Å². The molecule has 4 heteroatoms. The van der Waals surface area contributed by atoms with Crippen LogP contribution in [-0.4, -0.2) is 39.9 Å². The van der Waals surface area contributed by atoms with Crippen molar-refractivity contribution in [2.75, 3.05) is 6.54 Å². The monoisotopic (exact) mass is 173 g/mol. The topological polar surface area (TPSA) is 60.8 Å². The predicted molar refractivity (Wildman–Crippen MR) is 44.0 cm³/mol. The van der Waals surface area contributed by atoms with E-state index in [1.54, 1.807) is 0 Å². The molecule has 70 valence electrons. The van der Waals surface area contributed by atoms with Gasteiger partial charge in [0, 0.05) is 6.04 Å². The molecule has 1 rings (SSSR count). The van der Waals surface area contributed by atoms with Crippen molar-refractivity contribution in [1.29, 1.82) is 0 Å². The first-order valence-corrected chi connectivity index (χ1v) is 4.20. The lowest BCUT2D eigenvalue weighted by Crippen LogP contribution is -2.37. The Morgan fingerprint density at radius 2 is 2.17 bits per heavy atom. The SMILES string of the molecule is CC(C)[C@H]1C[C@H](O)CN1C(=O)O. The molecule has 0 aromatic rings. The summed E-state index contributed by atoms with van der Waals surface area (Å²) in [6.45, 7) is 4.20. The summed E-state index contributed by atoms with van der Waals surface area (Å²) in [6.07, 6.45) is -0.831. The minimum Gasteiger partial charge on any atom is -0.465 e. The Bertz CT molecular complexity index is 181. The van der Waals surface area contributed by atoms with Crippen molar-refractivity contribution in [1.82, 2.24) is 4.90 Å². The zero-order valence-electron chi connectivity index (χ0n) is 7.40. The van der Waals surface area contributed by atoms with Crippen molar-refractivity contribution in [3.05, 3.63) is 0 Å². The molecule has 1 heterocycles. The number of aliphatic hydroxyl groups is 1. The number of amides is 1. The van der Waals surface area contributed by atoms with E-state index >= 15 is 0 Å². The number of carboxylic acid groups (broad SMARTS) is 1. The van der Waals surface area contributed by atoms with Gasteiger partial charge in [-0.3, -0.25) is 0 Å². The van der Waals surface area contributed by atoms with E-state index in [1.165, 1.54) is 4.90 Å². The number of β-amino-alcohol motifs (C(OH)–C–C–N with tert-alkyl or cyclic N) is 1. The molecule has 0 saturated carbocycles. The molecule has 0 radical (unpaired) electrons. The average molecular weight is 173 g/mol. The highest BCUT2D eigenvalue weighted by Gasteiger charge is 2.35. The second-order valence-corrected chi connectivity index (χ2v) is 3.64. The summed E-state index contributed by atoms with van der Waals surface area (Å²) in [7, 11) is 0. The highest BCUT2D eigenvalue weighted by Crippen LogP contribution is 2.23. The van der Waals surface area contributed by atoms with Crippen LogP contribution in [0.5, 0.6) is 0 Å². The Kier molecular flexibility index (Phi) is 2.57. The Hall–Kier alpha value is -0.770. The summed E-state index contributed by atoms with van der Waals surface area (Å²) in [5.74, 6) is 0.276. The quantitative estimate of drug-likeness (QED) is 0.615. The van der Waals surface area contributed by atoms with Crippen LogP contribution in [0.1, 0.15) is 20.3 Å². The fourth-order valence-corrected chi connectivity index (χ4v) is 1.69. The van der Waals surface area contributed by atoms with Crippen LogP contribution in [-0.2, 0) is 0 Å². The molecular formula is C8H15NO3. The molecule has 0 spiro atoms. The average Bonchev–Trinajstić information content (AvgIpc) is 2.31. The Balaban J connectivity index is 2.65. The summed E-state index contributed by atoms with van der Waals surface area (Å²) in [5.41, 5.74) is 0. The largest absolute Gasteiger partial charge is 0.465 e. The van der Waals surface area contributed by atoms with Crippen LogP contribution < -0.4 is 0 Å². The molecule has 1 amide bonds. The van der Waals surface area contributed by atoms with E-state index < -0.39 is 12.2 Å². The number of carbonyl (C=O) groups is 1. The summed E-state index contributed by atoms with van der Waals surface area (Å²) < 4.78 is 0. The minimum atomic E-state index is -0.926. The third-order valence-electron chi connectivity index (χ3n) is 2.34. The Labute approximate surface area is 71.8 Å². The van der Waals surface area contributed by atoms with Gasteiger partial charge in [0.25, 0.3) is 0 Å². The molecule has 2 N–H and O–H groups in total. The van der Waals surface area contributed by atoms with Gasteiger partial charge in [-0.15, -0.1) is 0 Å². The predicted octanol–water partition coefficient (Wildman–Crippen LogP) is 0.756. The number of hydrogen-bond acceptors (Lipinski definition) is 2. The molecule has 12 heavy (non-hydrogen) atoms. The van der Waals surface area contributed by atoms with Crippen molar-refractivity contribution in [3.8, 4) is 0 Å². The number of likely N-dealkylation sites (tertiary alicyclic amines) is 1. The third-order valence-corrected chi connectivity index (χ3v) is 2.34. The Morgan fingerprint density at radius 3 is 2.50 bits per heavy atom. The maximum absolute atomic E-state index is 10.7. The lowest BCUT2D eigenvalue weighted by molar-refractivity contribution is 0.124. The third kappa shape index (κ3) is 1.69. The van der Waals surface area contributed by atoms with E-state index in [2.05, 4.69) is 0 Å². The highest BCUT2D eigenvalue weighted by molar-refractivity contribution is 5.66. The smallest absolute Gasteiger partial charge is 0.407 e. The van der Waals surface area contributed by atoms with E-state index in [0.29, 0.717) is 6.42 Å². The van der Waals surface area contributed by atoms with Crippen molar-refractivity contribution in [2.24, 2.45) is 5.92 Å². The lowest BCUT2D eigenvalue weighted by Gasteiger charge is -2.23. The fraction of sp³-hybridized carbons (Fsp3) is 0.875. The first-order chi connectivity index (χ1) is 5.52. The molecule has 0 aromatic heterocycles. The molecule has 4 nitrogen and oxygen atoms in total. The van der Waals surface area contributed by atoms with Gasteiger partial charge >= 0.3 is 6.09 Å². The zero-order valence-corrected chi connectivity index (χ0v) is 7.40. The number of hydrogen-bond donors (Lipinski definition) is 2. The van der Waals surface area contributed by atoms with Crippen LogP contribution in [0.2, 0.25) is 0 Å². The minimum absolute atomic E-state index is 0.0162. The van der Waals surface area contributed by atoms with Crippen LogP contribution in [0.4, 0.5) is 4.79 Å². The first kappa shape index (κ1) is 9.32. The van der Waals surface area contributed by atoms with Gasteiger partial charge in [-0.2, -0.15) is 0 Å². The molecule has 0 unspecified atom stereocenters. The van der Waals surface area contributed by atoms with Crippen molar-refractivity contribution in [3.63, 3.8) is 0 Å². The Morgan fingerprint density at radius 1 is 1.58 bits per heavy atom. The number of nitrogens with zero attached hydrogens (tertiary/aromatic N) is 1. The number of aliphatic hydroxyl groups excluding tert-OH is 1. The molecule has 0 aliphatic carbocycles.